The fraction of sp³-hybridized carbons (Fsp3) is 0.897. The van der Waals surface area contributed by atoms with E-state index in [0.717, 1.165) is 32.1 Å². The summed E-state index contributed by atoms with van der Waals surface area (Å²) in [5.74, 6) is 0. The molecule has 10 heteroatoms. The van der Waals surface area contributed by atoms with Crippen LogP contribution < -0.4 is 10.6 Å². The first-order valence-electron chi connectivity index (χ1n) is 14.3. The Morgan fingerprint density at radius 3 is 1.67 bits per heavy atom. The molecular formula is C29H47N3O7. The predicted molar refractivity (Wildman–Crippen MR) is 143 cm³/mol. The predicted octanol–water partition coefficient (Wildman–Crippen LogP) is 4.66. The number of alkyl carbamates (subject to hydrolysis) is 2. The highest BCUT2D eigenvalue weighted by atomic mass is 16.7. The second kappa shape index (κ2) is 11.0. The van der Waals surface area contributed by atoms with Gasteiger partial charge in [0, 0.05) is 17.5 Å². The van der Waals surface area contributed by atoms with Crippen molar-refractivity contribution in [2.75, 3.05) is 19.8 Å². The van der Waals surface area contributed by atoms with Crippen LogP contribution in [-0.2, 0) is 23.7 Å². The largest absolute Gasteiger partial charge is 0.441 e. The molecule has 4 fully saturated rings. The van der Waals surface area contributed by atoms with Crippen molar-refractivity contribution in [1.29, 1.82) is 5.26 Å². The zero-order valence-electron chi connectivity index (χ0n) is 24.6. The van der Waals surface area contributed by atoms with Crippen LogP contribution in [0.25, 0.3) is 0 Å². The van der Waals surface area contributed by atoms with Crippen molar-refractivity contribution >= 4 is 12.2 Å². The number of fused-ring (bicyclic) bond motifs is 1. The summed E-state index contributed by atoms with van der Waals surface area (Å²) in [6.07, 6.45) is 3.98. The van der Waals surface area contributed by atoms with E-state index in [-0.39, 0.29) is 47.0 Å². The lowest BCUT2D eigenvalue weighted by Gasteiger charge is -2.46. The molecule has 0 bridgehead atoms. The van der Waals surface area contributed by atoms with Gasteiger partial charge in [0.15, 0.2) is 12.2 Å². The van der Waals surface area contributed by atoms with Crippen LogP contribution in [0.2, 0.25) is 0 Å². The maximum Gasteiger partial charge on any atom is 0.407 e. The number of carbonyl (C=O) groups excluding carboxylic acids is 2. The highest BCUT2D eigenvalue weighted by Gasteiger charge is 2.52. The normalized spacial score (nSPS) is 36.7. The molecule has 220 valence electrons. The van der Waals surface area contributed by atoms with Gasteiger partial charge in [-0.25, -0.2) is 9.59 Å². The van der Waals surface area contributed by atoms with Gasteiger partial charge in [0.1, 0.15) is 18.8 Å². The Kier molecular flexibility index (Phi) is 8.36. The number of hydrogen-bond acceptors (Lipinski definition) is 8. The first-order chi connectivity index (χ1) is 18.1. The molecule has 6 unspecified atom stereocenters. The van der Waals surface area contributed by atoms with Crippen LogP contribution in [0.1, 0.15) is 87.0 Å². The number of amides is 2. The number of carbonyl (C=O) groups is 2. The number of nitriles is 1. The number of hydrogen-bond donors (Lipinski definition) is 2. The standard InChI is InChI=1S/C29H47N3O7/c1-26(2)8-18(9-27(3,4)14-26)31-24(33)38-20-12-36-23-21(13-37-22(20)23)39-25(34)32-19-10-28(5,6)15-29(7,11-19)16-35-17-30/h18-23H,8-16H2,1-7H3,(H,31,33)(H,32,34). The van der Waals surface area contributed by atoms with Gasteiger partial charge in [-0.3, -0.25) is 0 Å². The molecule has 2 saturated carbocycles. The summed E-state index contributed by atoms with van der Waals surface area (Å²) in [5.41, 5.74) is 0.0583. The maximum atomic E-state index is 12.9. The first-order valence-corrected chi connectivity index (χ1v) is 14.3. The third kappa shape index (κ3) is 7.69. The lowest BCUT2D eigenvalue weighted by molar-refractivity contribution is -0.0170. The van der Waals surface area contributed by atoms with E-state index in [9.17, 15) is 9.59 Å². The van der Waals surface area contributed by atoms with E-state index >= 15 is 0 Å². The SMILES string of the molecule is CC1(C)CC(NC(=O)OC2COC3C(OC(=O)NC4CC(C)(C)CC(C)(COC#N)C4)COC23)CC(C)(C)C1. The Morgan fingerprint density at radius 1 is 0.769 bits per heavy atom. The Bertz CT molecular complexity index is 945. The lowest BCUT2D eigenvalue weighted by Crippen LogP contribution is -2.49. The average molecular weight is 550 g/mol. The van der Waals surface area contributed by atoms with Crippen LogP contribution in [0.4, 0.5) is 9.59 Å². The molecule has 39 heavy (non-hydrogen) atoms. The second-order valence-electron chi connectivity index (χ2n) is 15.0. The summed E-state index contributed by atoms with van der Waals surface area (Å²) in [5, 5.41) is 14.9. The zero-order chi connectivity index (χ0) is 28.6. The fourth-order valence-electron chi connectivity index (χ4n) is 8.31. The first kappa shape index (κ1) is 29.7. The van der Waals surface area contributed by atoms with Gasteiger partial charge in [0.25, 0.3) is 6.26 Å². The van der Waals surface area contributed by atoms with Crippen molar-refractivity contribution in [2.45, 2.75) is 123 Å². The van der Waals surface area contributed by atoms with E-state index in [2.05, 4.69) is 59.1 Å². The van der Waals surface area contributed by atoms with Crippen LogP contribution in [-0.4, -0.2) is 68.5 Å². The van der Waals surface area contributed by atoms with Gasteiger partial charge >= 0.3 is 12.2 Å². The van der Waals surface area contributed by atoms with E-state index in [4.69, 9.17) is 28.9 Å². The highest BCUT2D eigenvalue weighted by molar-refractivity contribution is 5.68. The highest BCUT2D eigenvalue weighted by Crippen LogP contribution is 2.47. The molecule has 4 aliphatic rings. The van der Waals surface area contributed by atoms with Gasteiger partial charge in [0.2, 0.25) is 0 Å². The number of ether oxygens (including phenoxy) is 5. The number of nitrogens with one attached hydrogen (secondary N) is 2. The molecule has 2 saturated heterocycles. The van der Waals surface area contributed by atoms with Gasteiger partial charge in [-0.15, -0.1) is 0 Å². The third-order valence-corrected chi connectivity index (χ3v) is 8.61. The molecule has 2 N–H and O–H groups in total. The van der Waals surface area contributed by atoms with E-state index in [1.807, 2.05) is 0 Å². The molecule has 2 aliphatic heterocycles. The minimum absolute atomic E-state index is 0.0197. The Labute approximate surface area is 232 Å². The molecule has 4 rings (SSSR count). The molecule has 0 aromatic carbocycles. The van der Waals surface area contributed by atoms with Gasteiger partial charge in [-0.05, 0) is 54.8 Å². The van der Waals surface area contributed by atoms with Crippen LogP contribution in [0.5, 0.6) is 0 Å². The monoisotopic (exact) mass is 549 g/mol. The molecular weight excluding hydrogens is 502 g/mol. The summed E-state index contributed by atoms with van der Waals surface area (Å²) in [6, 6.07) is -0.0533. The molecule has 10 nitrogen and oxygen atoms in total. The third-order valence-electron chi connectivity index (χ3n) is 8.61. The van der Waals surface area contributed by atoms with E-state index in [1.54, 1.807) is 6.26 Å². The number of nitrogens with zero attached hydrogens (tertiary/aromatic N) is 1. The summed E-state index contributed by atoms with van der Waals surface area (Å²) >= 11 is 0. The molecule has 0 aromatic heterocycles. The number of rotatable bonds is 6. The fourth-order valence-corrected chi connectivity index (χ4v) is 8.31. The smallest absolute Gasteiger partial charge is 0.407 e. The van der Waals surface area contributed by atoms with Crippen LogP contribution in [0.3, 0.4) is 0 Å². The summed E-state index contributed by atoms with van der Waals surface area (Å²) in [6.45, 7) is 16.0. The minimum Gasteiger partial charge on any atom is -0.441 e. The zero-order valence-corrected chi connectivity index (χ0v) is 24.6. The molecule has 2 amide bonds. The second-order valence-corrected chi connectivity index (χ2v) is 15.0. The van der Waals surface area contributed by atoms with E-state index in [0.29, 0.717) is 13.0 Å². The molecule has 6 atom stereocenters. The minimum atomic E-state index is -0.587. The van der Waals surface area contributed by atoms with Crippen LogP contribution in [0, 0.1) is 33.2 Å². The van der Waals surface area contributed by atoms with Crippen molar-refractivity contribution in [3.05, 3.63) is 0 Å². The van der Waals surface area contributed by atoms with E-state index < -0.39 is 36.6 Å². The summed E-state index contributed by atoms with van der Waals surface area (Å²) in [7, 11) is 0. The maximum absolute atomic E-state index is 12.9. The van der Waals surface area contributed by atoms with Crippen molar-refractivity contribution < 1.29 is 33.3 Å². The molecule has 0 radical (unpaired) electrons. The van der Waals surface area contributed by atoms with Crippen molar-refractivity contribution in [3.63, 3.8) is 0 Å². The topological polar surface area (TPSA) is 128 Å². The Morgan fingerprint density at radius 2 is 1.21 bits per heavy atom. The summed E-state index contributed by atoms with van der Waals surface area (Å²) in [4.78, 5) is 25.6. The van der Waals surface area contributed by atoms with Crippen molar-refractivity contribution in [3.8, 4) is 6.26 Å². The van der Waals surface area contributed by atoms with E-state index in [1.165, 1.54) is 0 Å². The quantitative estimate of drug-likeness (QED) is 0.458. The van der Waals surface area contributed by atoms with Crippen LogP contribution >= 0.6 is 0 Å². The van der Waals surface area contributed by atoms with Gasteiger partial charge in [0.05, 0.1) is 13.2 Å². The summed E-state index contributed by atoms with van der Waals surface area (Å²) < 4.78 is 28.3. The molecule has 0 aromatic rings. The lowest BCUT2D eigenvalue weighted by atomic mass is 9.63. The van der Waals surface area contributed by atoms with Gasteiger partial charge in [-0.1, -0.05) is 48.5 Å². The van der Waals surface area contributed by atoms with Gasteiger partial charge in [-0.2, -0.15) is 5.26 Å². The van der Waals surface area contributed by atoms with Crippen molar-refractivity contribution in [2.24, 2.45) is 21.7 Å². The van der Waals surface area contributed by atoms with Crippen molar-refractivity contribution in [1.82, 2.24) is 10.6 Å². The van der Waals surface area contributed by atoms with Crippen LogP contribution in [0.15, 0.2) is 0 Å². The molecule has 2 aliphatic carbocycles. The Hall–Kier alpha value is -2.25. The molecule has 2 heterocycles. The Balaban J connectivity index is 1.26. The molecule has 0 spiro atoms. The average Bonchev–Trinajstić information content (AvgIpc) is 3.31. The van der Waals surface area contributed by atoms with Gasteiger partial charge < -0.3 is 34.3 Å².